The molecule has 0 aromatic carbocycles. The average molecular weight is 287 g/mol. The van der Waals surface area contributed by atoms with Gasteiger partial charge in [-0.3, -0.25) is 4.79 Å². The standard InChI is InChI=1S/C16H21N3O2/c1-5-21-14(20)16(12-19,8-6-10-17)15(4,11-18)9-7-13(2)3/h2,5-9H2,1,3-4H3/t15-,16-/m1/s1. The lowest BCUT2D eigenvalue weighted by Gasteiger charge is -2.36. The molecular weight excluding hydrogens is 266 g/mol. The Morgan fingerprint density at radius 2 is 1.86 bits per heavy atom. The third-order valence-corrected chi connectivity index (χ3v) is 3.67. The van der Waals surface area contributed by atoms with Crippen molar-refractivity contribution in [1.29, 1.82) is 15.8 Å². The monoisotopic (exact) mass is 287 g/mol. The zero-order valence-corrected chi connectivity index (χ0v) is 12.9. The molecule has 0 heterocycles. The molecule has 0 N–H and O–H groups in total. The van der Waals surface area contributed by atoms with Crippen LogP contribution in [0.15, 0.2) is 12.2 Å². The first-order valence-corrected chi connectivity index (χ1v) is 6.84. The van der Waals surface area contributed by atoms with Crippen molar-refractivity contribution < 1.29 is 9.53 Å². The lowest BCUT2D eigenvalue weighted by Crippen LogP contribution is -2.45. The summed E-state index contributed by atoms with van der Waals surface area (Å²) in [7, 11) is 0. The molecule has 0 unspecified atom stereocenters. The number of carbonyl (C=O) groups is 1. The maximum atomic E-state index is 12.3. The topological polar surface area (TPSA) is 97.7 Å². The van der Waals surface area contributed by atoms with Crippen molar-refractivity contribution in [3.8, 4) is 18.2 Å². The molecule has 0 spiro atoms. The zero-order chi connectivity index (χ0) is 16.5. The first-order valence-electron chi connectivity index (χ1n) is 6.84. The Morgan fingerprint density at radius 3 is 2.24 bits per heavy atom. The van der Waals surface area contributed by atoms with Crippen molar-refractivity contribution in [1.82, 2.24) is 0 Å². The van der Waals surface area contributed by atoms with Crippen LogP contribution in [0.1, 0.15) is 46.5 Å². The molecule has 5 heteroatoms. The van der Waals surface area contributed by atoms with Crippen LogP contribution in [0.5, 0.6) is 0 Å². The Bertz CT molecular complexity index is 521. The molecule has 0 rings (SSSR count). The molecule has 21 heavy (non-hydrogen) atoms. The Balaban J connectivity index is 5.77. The van der Waals surface area contributed by atoms with Gasteiger partial charge in [0.15, 0.2) is 5.41 Å². The number of ether oxygens (including phenoxy) is 1. The highest BCUT2D eigenvalue weighted by molar-refractivity contribution is 5.82. The maximum absolute atomic E-state index is 12.3. The van der Waals surface area contributed by atoms with Crippen LogP contribution in [0.3, 0.4) is 0 Å². The summed E-state index contributed by atoms with van der Waals surface area (Å²) in [6.07, 6.45) is 0.839. The van der Waals surface area contributed by atoms with E-state index in [1.807, 2.05) is 19.1 Å². The molecule has 0 saturated carbocycles. The fraction of sp³-hybridized carbons (Fsp3) is 0.625. The van der Waals surface area contributed by atoms with Crippen LogP contribution in [-0.2, 0) is 9.53 Å². The van der Waals surface area contributed by atoms with Crippen LogP contribution in [0.25, 0.3) is 0 Å². The van der Waals surface area contributed by atoms with E-state index in [0.29, 0.717) is 12.8 Å². The van der Waals surface area contributed by atoms with Gasteiger partial charge in [-0.25, -0.2) is 0 Å². The molecule has 0 fully saturated rings. The second-order valence-corrected chi connectivity index (χ2v) is 5.30. The molecular formula is C16H21N3O2. The molecule has 2 atom stereocenters. The molecule has 5 nitrogen and oxygen atoms in total. The molecule has 0 aliphatic rings. The lowest BCUT2D eigenvalue weighted by molar-refractivity contribution is -0.157. The van der Waals surface area contributed by atoms with Crippen molar-refractivity contribution >= 4 is 5.97 Å². The summed E-state index contributed by atoms with van der Waals surface area (Å²) in [5.41, 5.74) is -2.00. The fourth-order valence-corrected chi connectivity index (χ4v) is 2.15. The van der Waals surface area contributed by atoms with Gasteiger partial charge in [0.25, 0.3) is 0 Å². The van der Waals surface area contributed by atoms with Crippen LogP contribution in [0.2, 0.25) is 0 Å². The Hall–Kier alpha value is -2.32. The predicted octanol–water partition coefficient (Wildman–Crippen LogP) is 3.25. The van der Waals surface area contributed by atoms with Gasteiger partial charge in [0, 0.05) is 6.42 Å². The minimum atomic E-state index is -1.64. The third kappa shape index (κ3) is 4.07. The highest BCUT2D eigenvalue weighted by Gasteiger charge is 2.55. The van der Waals surface area contributed by atoms with E-state index in [4.69, 9.17) is 10.00 Å². The number of nitrogens with zero attached hydrogens (tertiary/aromatic N) is 3. The second-order valence-electron chi connectivity index (χ2n) is 5.30. The highest BCUT2D eigenvalue weighted by Crippen LogP contribution is 2.47. The van der Waals surface area contributed by atoms with E-state index in [1.54, 1.807) is 13.8 Å². The zero-order valence-electron chi connectivity index (χ0n) is 12.9. The number of hydrogen-bond donors (Lipinski definition) is 0. The van der Waals surface area contributed by atoms with Crippen molar-refractivity contribution in [2.45, 2.75) is 46.5 Å². The largest absolute Gasteiger partial charge is 0.465 e. The summed E-state index contributed by atoms with van der Waals surface area (Å²) < 4.78 is 5.01. The smallest absolute Gasteiger partial charge is 0.328 e. The average Bonchev–Trinajstić information content (AvgIpc) is 2.46. The predicted molar refractivity (Wildman–Crippen MR) is 77.3 cm³/mol. The van der Waals surface area contributed by atoms with Crippen LogP contribution in [0, 0.1) is 44.8 Å². The molecule has 0 radical (unpaired) electrons. The molecule has 0 amide bonds. The fourth-order valence-electron chi connectivity index (χ4n) is 2.15. The highest BCUT2D eigenvalue weighted by atomic mass is 16.5. The van der Waals surface area contributed by atoms with Gasteiger partial charge < -0.3 is 4.74 Å². The molecule has 0 saturated heterocycles. The van der Waals surface area contributed by atoms with E-state index < -0.39 is 16.8 Å². The Labute approximate surface area is 126 Å². The number of esters is 1. The van der Waals surface area contributed by atoms with Crippen molar-refractivity contribution in [2.75, 3.05) is 6.61 Å². The van der Waals surface area contributed by atoms with Gasteiger partial charge in [-0.2, -0.15) is 15.8 Å². The van der Waals surface area contributed by atoms with Gasteiger partial charge in [0.1, 0.15) is 0 Å². The summed E-state index contributed by atoms with van der Waals surface area (Å²) in [6.45, 7) is 8.95. The van der Waals surface area contributed by atoms with Gasteiger partial charge >= 0.3 is 5.97 Å². The van der Waals surface area contributed by atoms with E-state index in [-0.39, 0.29) is 19.4 Å². The van der Waals surface area contributed by atoms with Crippen LogP contribution in [0.4, 0.5) is 0 Å². The number of carbonyl (C=O) groups excluding carboxylic acids is 1. The number of allylic oxidation sites excluding steroid dienone is 1. The molecule has 0 aliphatic heterocycles. The van der Waals surface area contributed by atoms with Crippen LogP contribution in [-0.4, -0.2) is 12.6 Å². The molecule has 0 aliphatic carbocycles. The minimum absolute atomic E-state index is 0.0106. The van der Waals surface area contributed by atoms with Gasteiger partial charge in [-0.1, -0.05) is 5.57 Å². The SMILES string of the molecule is C=C(C)CC[C@](C)(C#N)[C@@](C#N)(CCC#N)C(=O)OCC. The first kappa shape index (κ1) is 18.7. The van der Waals surface area contributed by atoms with E-state index in [0.717, 1.165) is 5.57 Å². The first-order chi connectivity index (χ1) is 9.83. The maximum Gasteiger partial charge on any atom is 0.328 e. The van der Waals surface area contributed by atoms with E-state index >= 15 is 0 Å². The number of hydrogen-bond acceptors (Lipinski definition) is 5. The second kappa shape index (κ2) is 8.08. The molecule has 0 aromatic heterocycles. The van der Waals surface area contributed by atoms with Crippen LogP contribution >= 0.6 is 0 Å². The summed E-state index contributed by atoms with van der Waals surface area (Å²) in [4.78, 5) is 12.3. The van der Waals surface area contributed by atoms with Crippen molar-refractivity contribution in [2.24, 2.45) is 10.8 Å². The molecule has 112 valence electrons. The van der Waals surface area contributed by atoms with Crippen molar-refractivity contribution in [3.05, 3.63) is 12.2 Å². The summed E-state index contributed by atoms with van der Waals surface area (Å²) in [5.74, 6) is -0.728. The quantitative estimate of drug-likeness (QED) is 0.504. The summed E-state index contributed by atoms with van der Waals surface area (Å²) in [6, 6.07) is 6.00. The van der Waals surface area contributed by atoms with Gasteiger partial charge in [0.2, 0.25) is 0 Å². The van der Waals surface area contributed by atoms with Crippen LogP contribution < -0.4 is 0 Å². The van der Waals surface area contributed by atoms with Gasteiger partial charge in [-0.05, 0) is 40.0 Å². The third-order valence-electron chi connectivity index (χ3n) is 3.67. The van der Waals surface area contributed by atoms with E-state index in [1.165, 1.54) is 0 Å². The normalized spacial score (nSPS) is 15.4. The lowest BCUT2D eigenvalue weighted by atomic mass is 9.61. The number of nitriles is 3. The summed E-state index contributed by atoms with van der Waals surface area (Å²) in [5, 5.41) is 27.9. The minimum Gasteiger partial charge on any atom is -0.465 e. The summed E-state index contributed by atoms with van der Waals surface area (Å²) >= 11 is 0. The van der Waals surface area contributed by atoms with E-state index in [2.05, 4.69) is 12.6 Å². The van der Waals surface area contributed by atoms with Crippen molar-refractivity contribution in [3.63, 3.8) is 0 Å². The van der Waals surface area contributed by atoms with Gasteiger partial charge in [0.05, 0.1) is 30.2 Å². The molecule has 0 aromatic rings. The Morgan fingerprint density at radius 1 is 1.24 bits per heavy atom. The molecule has 0 bridgehead atoms. The Kier molecular flexibility index (Phi) is 7.18. The number of rotatable bonds is 8. The van der Waals surface area contributed by atoms with Gasteiger partial charge in [-0.15, -0.1) is 6.58 Å². The van der Waals surface area contributed by atoms with E-state index in [9.17, 15) is 15.3 Å².